The normalized spacial score (nSPS) is 15.5. The Balaban J connectivity index is 1.86. The molecule has 4 nitrogen and oxygen atoms in total. The van der Waals surface area contributed by atoms with Crippen LogP contribution in [0.15, 0.2) is 65.7 Å². The lowest BCUT2D eigenvalue weighted by Gasteiger charge is -2.27. The van der Waals surface area contributed by atoms with E-state index in [9.17, 15) is 0 Å². The van der Waals surface area contributed by atoms with Crippen molar-refractivity contribution < 1.29 is 0 Å². The van der Waals surface area contributed by atoms with E-state index in [0.29, 0.717) is 5.84 Å². The Kier molecular flexibility index (Phi) is 5.39. The van der Waals surface area contributed by atoms with Crippen molar-refractivity contribution in [2.75, 3.05) is 26.8 Å². The van der Waals surface area contributed by atoms with Gasteiger partial charge in [0.25, 0.3) is 0 Å². The van der Waals surface area contributed by atoms with E-state index in [1.54, 1.807) is 0 Å². The summed E-state index contributed by atoms with van der Waals surface area (Å²) in [5.74, 6) is 1.14. The highest BCUT2D eigenvalue weighted by Crippen LogP contribution is 2.12. The third kappa shape index (κ3) is 4.09. The minimum atomic E-state index is 0.294. The Morgan fingerprint density at radius 2 is 1.50 bits per heavy atom. The summed E-state index contributed by atoms with van der Waals surface area (Å²) in [6, 6.07) is 19.8. The number of rotatable bonds is 4. The molecule has 0 spiro atoms. The first-order valence-electron chi connectivity index (χ1n) is 8.45. The minimum absolute atomic E-state index is 0.294. The zero-order valence-electron chi connectivity index (χ0n) is 14.2. The summed E-state index contributed by atoms with van der Waals surface area (Å²) in [6.45, 7) is 3.13. The van der Waals surface area contributed by atoms with Gasteiger partial charge in [0, 0.05) is 18.2 Å². The van der Waals surface area contributed by atoms with E-state index in [1.807, 2.05) is 48.5 Å². The monoisotopic (exact) mass is 320 g/mol. The van der Waals surface area contributed by atoms with Gasteiger partial charge in [0.1, 0.15) is 5.84 Å². The summed E-state index contributed by atoms with van der Waals surface area (Å²) in [6.07, 6.45) is 2.54. The standard InChI is InChI=1S/C20H24N4/c1-23(16-24-14-8-9-15-24)20(18-12-6-3-7-13-18)22-19(21)17-10-4-2-5-11-17/h2-7,10-13,21H,8-9,14-16H2,1H3. The number of aliphatic imine (C=N–C) groups is 1. The van der Waals surface area contributed by atoms with Crippen LogP contribution in [0.4, 0.5) is 0 Å². The Morgan fingerprint density at radius 3 is 2.08 bits per heavy atom. The maximum absolute atomic E-state index is 8.36. The molecule has 0 aromatic heterocycles. The van der Waals surface area contributed by atoms with Crippen molar-refractivity contribution in [3.05, 3.63) is 71.8 Å². The molecule has 2 aromatic rings. The second kappa shape index (κ2) is 7.88. The average molecular weight is 320 g/mol. The van der Waals surface area contributed by atoms with Gasteiger partial charge < -0.3 is 4.90 Å². The Bertz CT molecular complexity index is 688. The maximum Gasteiger partial charge on any atom is 0.154 e. The summed E-state index contributed by atoms with van der Waals surface area (Å²) < 4.78 is 0. The van der Waals surface area contributed by atoms with Crippen LogP contribution in [0.2, 0.25) is 0 Å². The molecule has 0 amide bonds. The summed E-state index contributed by atoms with van der Waals surface area (Å²) in [5.41, 5.74) is 1.88. The second-order valence-corrected chi connectivity index (χ2v) is 6.18. The Labute approximate surface area is 144 Å². The summed E-state index contributed by atoms with van der Waals surface area (Å²) in [4.78, 5) is 9.24. The fraction of sp³-hybridized carbons (Fsp3) is 0.300. The largest absolute Gasteiger partial charge is 0.346 e. The number of benzene rings is 2. The number of likely N-dealkylation sites (tertiary alicyclic amines) is 1. The van der Waals surface area contributed by atoms with Crippen LogP contribution in [0.25, 0.3) is 0 Å². The van der Waals surface area contributed by atoms with Crippen LogP contribution in [0.3, 0.4) is 0 Å². The molecule has 1 saturated heterocycles. The van der Waals surface area contributed by atoms with Gasteiger partial charge in [-0.25, -0.2) is 4.99 Å². The Morgan fingerprint density at radius 1 is 0.958 bits per heavy atom. The van der Waals surface area contributed by atoms with Gasteiger partial charge in [-0.3, -0.25) is 10.3 Å². The lowest BCUT2D eigenvalue weighted by Crippen LogP contribution is -2.38. The van der Waals surface area contributed by atoms with E-state index in [-0.39, 0.29) is 0 Å². The van der Waals surface area contributed by atoms with Gasteiger partial charge in [0.2, 0.25) is 0 Å². The van der Waals surface area contributed by atoms with Crippen molar-refractivity contribution >= 4 is 11.7 Å². The fourth-order valence-electron chi connectivity index (χ4n) is 3.02. The molecule has 0 unspecified atom stereocenters. The van der Waals surface area contributed by atoms with Crippen molar-refractivity contribution in [1.82, 2.24) is 9.80 Å². The molecule has 0 saturated carbocycles. The summed E-state index contributed by atoms with van der Waals surface area (Å²) in [7, 11) is 2.06. The minimum Gasteiger partial charge on any atom is -0.346 e. The molecule has 24 heavy (non-hydrogen) atoms. The van der Waals surface area contributed by atoms with Crippen LogP contribution in [0.5, 0.6) is 0 Å². The molecule has 0 atom stereocenters. The van der Waals surface area contributed by atoms with Gasteiger partial charge in [-0.1, -0.05) is 60.7 Å². The maximum atomic E-state index is 8.36. The van der Waals surface area contributed by atoms with E-state index >= 15 is 0 Å². The van der Waals surface area contributed by atoms with Crippen molar-refractivity contribution in [3.63, 3.8) is 0 Å². The van der Waals surface area contributed by atoms with Crippen molar-refractivity contribution in [1.29, 1.82) is 5.41 Å². The topological polar surface area (TPSA) is 42.7 Å². The van der Waals surface area contributed by atoms with Crippen molar-refractivity contribution in [2.24, 2.45) is 4.99 Å². The second-order valence-electron chi connectivity index (χ2n) is 6.18. The van der Waals surface area contributed by atoms with Crippen LogP contribution in [0, 0.1) is 5.41 Å². The number of hydrogen-bond acceptors (Lipinski definition) is 2. The lowest BCUT2D eigenvalue weighted by molar-refractivity contribution is 0.246. The van der Waals surface area contributed by atoms with E-state index in [0.717, 1.165) is 36.7 Å². The van der Waals surface area contributed by atoms with E-state index in [2.05, 4.69) is 34.0 Å². The van der Waals surface area contributed by atoms with Gasteiger partial charge in [-0.2, -0.15) is 0 Å². The first-order chi connectivity index (χ1) is 11.7. The molecule has 1 aliphatic heterocycles. The molecule has 124 valence electrons. The molecule has 0 aliphatic carbocycles. The van der Waals surface area contributed by atoms with Crippen molar-refractivity contribution in [3.8, 4) is 0 Å². The molecule has 0 radical (unpaired) electrons. The molecule has 1 N–H and O–H groups in total. The molecule has 0 bridgehead atoms. The molecular weight excluding hydrogens is 296 g/mol. The van der Waals surface area contributed by atoms with Crippen LogP contribution in [-0.2, 0) is 0 Å². The van der Waals surface area contributed by atoms with E-state index in [4.69, 9.17) is 5.41 Å². The zero-order valence-corrected chi connectivity index (χ0v) is 14.2. The van der Waals surface area contributed by atoms with Gasteiger partial charge in [0.15, 0.2) is 5.84 Å². The first kappa shape index (κ1) is 16.4. The molecule has 1 fully saturated rings. The number of amidine groups is 2. The summed E-state index contributed by atoms with van der Waals surface area (Å²) >= 11 is 0. The van der Waals surface area contributed by atoms with E-state index in [1.165, 1.54) is 12.8 Å². The van der Waals surface area contributed by atoms with Crippen LogP contribution < -0.4 is 0 Å². The van der Waals surface area contributed by atoms with E-state index < -0.39 is 0 Å². The molecular formula is C20H24N4. The highest BCUT2D eigenvalue weighted by Gasteiger charge is 2.17. The Hall–Kier alpha value is -2.46. The lowest BCUT2D eigenvalue weighted by atomic mass is 10.2. The molecule has 1 aliphatic rings. The van der Waals surface area contributed by atoms with Crippen LogP contribution in [0.1, 0.15) is 24.0 Å². The SMILES string of the molecule is CN(CN1CCCC1)C(=NC(=N)c1ccccc1)c1ccccc1. The smallest absolute Gasteiger partial charge is 0.154 e. The van der Waals surface area contributed by atoms with Crippen LogP contribution in [-0.4, -0.2) is 48.3 Å². The quantitative estimate of drug-likeness (QED) is 0.692. The first-order valence-corrected chi connectivity index (χ1v) is 8.45. The molecule has 4 heteroatoms. The van der Waals surface area contributed by atoms with Crippen molar-refractivity contribution in [2.45, 2.75) is 12.8 Å². The van der Waals surface area contributed by atoms with Gasteiger partial charge >= 0.3 is 0 Å². The third-order valence-electron chi connectivity index (χ3n) is 4.27. The van der Waals surface area contributed by atoms with Crippen LogP contribution >= 0.6 is 0 Å². The van der Waals surface area contributed by atoms with Gasteiger partial charge in [-0.05, 0) is 25.9 Å². The fourth-order valence-corrected chi connectivity index (χ4v) is 3.02. The highest BCUT2D eigenvalue weighted by molar-refractivity contribution is 6.10. The van der Waals surface area contributed by atoms with Gasteiger partial charge in [0.05, 0.1) is 6.67 Å². The number of hydrogen-bond donors (Lipinski definition) is 1. The predicted octanol–water partition coefficient (Wildman–Crippen LogP) is 3.44. The number of nitrogens with zero attached hydrogens (tertiary/aromatic N) is 3. The molecule has 2 aromatic carbocycles. The summed E-state index contributed by atoms with van der Waals surface area (Å²) in [5, 5.41) is 8.36. The molecule has 1 heterocycles. The predicted molar refractivity (Wildman–Crippen MR) is 99.7 cm³/mol. The third-order valence-corrected chi connectivity index (χ3v) is 4.27. The number of nitrogens with one attached hydrogen (secondary N) is 1. The van der Waals surface area contributed by atoms with Gasteiger partial charge in [-0.15, -0.1) is 0 Å². The molecule has 3 rings (SSSR count). The highest BCUT2D eigenvalue weighted by atomic mass is 15.3. The average Bonchev–Trinajstić information content (AvgIpc) is 3.14. The zero-order chi connectivity index (χ0) is 16.8.